The van der Waals surface area contributed by atoms with Gasteiger partial charge in [-0.05, 0) is 19.3 Å². The summed E-state index contributed by atoms with van der Waals surface area (Å²) in [6.07, 6.45) is 5.87. The average molecular weight is 276 g/mol. The molecular formula is C12H20N8. The van der Waals surface area contributed by atoms with Crippen LogP contribution in [0.2, 0.25) is 0 Å². The van der Waals surface area contributed by atoms with E-state index >= 15 is 0 Å². The number of hydrogen-bond acceptors (Lipinski definition) is 7. The van der Waals surface area contributed by atoms with E-state index in [1.54, 1.807) is 0 Å². The fourth-order valence-corrected chi connectivity index (χ4v) is 2.10. The van der Waals surface area contributed by atoms with Gasteiger partial charge in [0.2, 0.25) is 11.9 Å². The summed E-state index contributed by atoms with van der Waals surface area (Å²) in [5.41, 5.74) is 5.71. The molecule has 0 radical (unpaired) electrons. The molecule has 8 heteroatoms. The van der Waals surface area contributed by atoms with Crippen LogP contribution >= 0.6 is 0 Å². The van der Waals surface area contributed by atoms with Crippen molar-refractivity contribution in [2.75, 3.05) is 11.1 Å². The van der Waals surface area contributed by atoms with Gasteiger partial charge < -0.3 is 11.1 Å². The molecule has 0 saturated carbocycles. The van der Waals surface area contributed by atoms with Crippen molar-refractivity contribution in [3.63, 3.8) is 0 Å². The highest BCUT2D eigenvalue weighted by Gasteiger charge is 2.25. The highest BCUT2D eigenvalue weighted by Crippen LogP contribution is 2.24. The molecule has 0 saturated heterocycles. The minimum absolute atomic E-state index is 0.0343. The molecule has 0 aliphatic carbocycles. The van der Waals surface area contributed by atoms with Gasteiger partial charge in [-0.15, -0.1) is 0 Å². The molecule has 2 heterocycles. The Hall–Kier alpha value is -2.25. The summed E-state index contributed by atoms with van der Waals surface area (Å²) < 4.78 is 1.45. The maximum atomic E-state index is 5.74. The van der Waals surface area contributed by atoms with Crippen molar-refractivity contribution in [3.05, 3.63) is 12.7 Å². The highest BCUT2D eigenvalue weighted by atomic mass is 15.4. The second-order valence-corrected chi connectivity index (χ2v) is 4.62. The van der Waals surface area contributed by atoms with E-state index in [9.17, 15) is 0 Å². The Morgan fingerprint density at radius 3 is 2.40 bits per heavy atom. The average Bonchev–Trinajstić information content (AvgIpc) is 2.98. The van der Waals surface area contributed by atoms with Crippen LogP contribution in [-0.2, 0) is 0 Å². The van der Waals surface area contributed by atoms with Gasteiger partial charge in [-0.25, -0.2) is 4.98 Å². The Kier molecular flexibility index (Phi) is 4.11. The number of rotatable bonds is 6. The number of nitrogens with two attached hydrogens (primary N) is 1. The molecule has 0 bridgehead atoms. The summed E-state index contributed by atoms with van der Waals surface area (Å²) in [6.45, 7) is 6.43. The fourth-order valence-electron chi connectivity index (χ4n) is 2.10. The molecule has 3 N–H and O–H groups in total. The molecule has 2 aromatic rings. The van der Waals surface area contributed by atoms with E-state index in [0.717, 1.165) is 19.3 Å². The monoisotopic (exact) mass is 276 g/mol. The zero-order chi connectivity index (χ0) is 14.6. The van der Waals surface area contributed by atoms with Crippen molar-refractivity contribution in [1.29, 1.82) is 0 Å². The van der Waals surface area contributed by atoms with Gasteiger partial charge >= 0.3 is 0 Å². The number of nitrogens with zero attached hydrogens (tertiary/aromatic N) is 6. The van der Waals surface area contributed by atoms with Gasteiger partial charge in [0.25, 0.3) is 5.95 Å². The minimum Gasteiger partial charge on any atom is -0.368 e. The first-order valence-electron chi connectivity index (χ1n) is 6.77. The van der Waals surface area contributed by atoms with E-state index in [4.69, 9.17) is 5.73 Å². The number of nitrogens with one attached hydrogen (secondary N) is 1. The summed E-state index contributed by atoms with van der Waals surface area (Å²) in [5, 5.41) is 7.38. The Balaban J connectivity index is 2.33. The van der Waals surface area contributed by atoms with Gasteiger partial charge in [0, 0.05) is 5.54 Å². The molecule has 0 aliphatic rings. The summed E-state index contributed by atoms with van der Waals surface area (Å²) in [5.74, 6) is 0.980. The molecule has 0 spiro atoms. The van der Waals surface area contributed by atoms with Crippen LogP contribution < -0.4 is 11.1 Å². The topological polar surface area (TPSA) is 107 Å². The molecule has 2 aromatic heterocycles. The van der Waals surface area contributed by atoms with Crippen molar-refractivity contribution < 1.29 is 0 Å². The van der Waals surface area contributed by atoms with E-state index < -0.39 is 0 Å². The van der Waals surface area contributed by atoms with E-state index in [1.165, 1.54) is 17.3 Å². The van der Waals surface area contributed by atoms with E-state index in [0.29, 0.717) is 11.9 Å². The third kappa shape index (κ3) is 2.84. The second-order valence-electron chi connectivity index (χ2n) is 4.62. The highest BCUT2D eigenvalue weighted by molar-refractivity contribution is 5.37. The van der Waals surface area contributed by atoms with E-state index in [-0.39, 0.29) is 11.5 Å². The number of nitrogen functional groups attached to an aromatic ring is 1. The molecule has 0 unspecified atom stereocenters. The van der Waals surface area contributed by atoms with Crippen molar-refractivity contribution in [2.45, 2.75) is 45.6 Å². The molecule has 8 nitrogen and oxygen atoms in total. The van der Waals surface area contributed by atoms with Crippen molar-refractivity contribution in [1.82, 2.24) is 29.7 Å². The number of aromatic nitrogens is 6. The molecular weight excluding hydrogens is 256 g/mol. The maximum Gasteiger partial charge on any atom is 0.258 e. The standard InChI is InChI=1S/C12H20N8/c1-4-12(5-2,6-3)19-10-16-9(13)17-11(18-10)20-8-14-7-15-20/h7-8H,4-6H2,1-3H3,(H3,13,16,17,18,19). The van der Waals surface area contributed by atoms with Crippen LogP contribution in [0.1, 0.15) is 40.0 Å². The van der Waals surface area contributed by atoms with Crippen LogP contribution in [0.3, 0.4) is 0 Å². The van der Waals surface area contributed by atoms with Crippen molar-refractivity contribution >= 4 is 11.9 Å². The van der Waals surface area contributed by atoms with E-state index in [1.807, 2.05) is 0 Å². The zero-order valence-corrected chi connectivity index (χ0v) is 12.0. The smallest absolute Gasteiger partial charge is 0.258 e. The van der Waals surface area contributed by atoms with Gasteiger partial charge in [-0.3, -0.25) is 0 Å². The van der Waals surface area contributed by atoms with Crippen LogP contribution in [0.25, 0.3) is 5.95 Å². The molecule has 0 fully saturated rings. The van der Waals surface area contributed by atoms with Crippen LogP contribution in [0, 0.1) is 0 Å². The van der Waals surface area contributed by atoms with Crippen LogP contribution in [0.15, 0.2) is 12.7 Å². The predicted molar refractivity (Wildman–Crippen MR) is 76.4 cm³/mol. The normalized spacial score (nSPS) is 11.6. The summed E-state index contributed by atoms with van der Waals surface area (Å²) in [6, 6.07) is 0. The Bertz CT molecular complexity index is 538. The summed E-state index contributed by atoms with van der Waals surface area (Å²) in [4.78, 5) is 16.4. The minimum atomic E-state index is -0.0343. The van der Waals surface area contributed by atoms with Crippen LogP contribution in [-0.4, -0.2) is 35.3 Å². The lowest BCUT2D eigenvalue weighted by molar-refractivity contribution is 0.417. The van der Waals surface area contributed by atoms with Crippen molar-refractivity contribution in [2.24, 2.45) is 0 Å². The SMILES string of the molecule is CCC(CC)(CC)Nc1nc(N)nc(-n2cncn2)n1. The zero-order valence-electron chi connectivity index (χ0n) is 12.0. The quantitative estimate of drug-likeness (QED) is 0.821. The molecule has 0 aliphatic heterocycles. The van der Waals surface area contributed by atoms with Gasteiger partial charge in [0.15, 0.2) is 0 Å². The summed E-state index contributed by atoms with van der Waals surface area (Å²) >= 11 is 0. The maximum absolute atomic E-state index is 5.74. The molecule has 0 aromatic carbocycles. The first-order chi connectivity index (χ1) is 9.62. The van der Waals surface area contributed by atoms with Crippen LogP contribution in [0.4, 0.5) is 11.9 Å². The molecule has 20 heavy (non-hydrogen) atoms. The molecule has 108 valence electrons. The van der Waals surface area contributed by atoms with Gasteiger partial charge in [-0.2, -0.15) is 24.7 Å². The van der Waals surface area contributed by atoms with E-state index in [2.05, 4.69) is 51.1 Å². The van der Waals surface area contributed by atoms with Crippen LogP contribution in [0.5, 0.6) is 0 Å². The van der Waals surface area contributed by atoms with Gasteiger partial charge in [0.05, 0.1) is 0 Å². The first-order valence-corrected chi connectivity index (χ1v) is 6.77. The Morgan fingerprint density at radius 1 is 1.15 bits per heavy atom. The molecule has 2 rings (SSSR count). The molecule has 0 atom stereocenters. The summed E-state index contributed by atoms with van der Waals surface area (Å²) in [7, 11) is 0. The predicted octanol–water partition coefficient (Wildman–Crippen LogP) is 1.42. The third-order valence-electron chi connectivity index (χ3n) is 3.67. The van der Waals surface area contributed by atoms with Gasteiger partial charge in [-0.1, -0.05) is 20.8 Å². The largest absolute Gasteiger partial charge is 0.368 e. The van der Waals surface area contributed by atoms with Gasteiger partial charge in [0.1, 0.15) is 12.7 Å². The Morgan fingerprint density at radius 2 is 1.85 bits per heavy atom. The second kappa shape index (κ2) is 5.81. The molecule has 0 amide bonds. The number of anilines is 2. The lowest BCUT2D eigenvalue weighted by Gasteiger charge is -2.31. The third-order valence-corrected chi connectivity index (χ3v) is 3.67. The van der Waals surface area contributed by atoms with Crippen molar-refractivity contribution in [3.8, 4) is 5.95 Å². The lowest BCUT2D eigenvalue weighted by atomic mass is 9.90. The fraction of sp³-hybridized carbons (Fsp3) is 0.583. The lowest BCUT2D eigenvalue weighted by Crippen LogP contribution is -2.37. The first kappa shape index (κ1) is 14.2. The number of hydrogen-bond donors (Lipinski definition) is 2. The Labute approximate surface area is 117 Å².